The number of nitro groups is 1. The molecule has 2 N–H and O–H groups in total. The molecular formula is C22H17N5O7. The van der Waals surface area contributed by atoms with E-state index in [9.17, 15) is 24.5 Å². The van der Waals surface area contributed by atoms with Crippen LogP contribution in [0, 0.1) is 10.1 Å². The Morgan fingerprint density at radius 2 is 2.00 bits per heavy atom. The number of carbonyl (C=O) groups excluding carboxylic acids is 2. The van der Waals surface area contributed by atoms with Crippen LogP contribution in [0.4, 0.5) is 17.1 Å². The fourth-order valence-corrected chi connectivity index (χ4v) is 3.23. The van der Waals surface area contributed by atoms with Crippen molar-refractivity contribution in [2.75, 3.05) is 17.7 Å². The predicted molar refractivity (Wildman–Crippen MR) is 121 cm³/mol. The summed E-state index contributed by atoms with van der Waals surface area (Å²) in [7, 11) is 1.41. The van der Waals surface area contributed by atoms with Crippen molar-refractivity contribution < 1.29 is 23.7 Å². The average Bonchev–Trinajstić information content (AvgIpc) is 3.14. The van der Waals surface area contributed by atoms with Crippen LogP contribution in [0.1, 0.15) is 10.4 Å². The van der Waals surface area contributed by atoms with Crippen molar-refractivity contribution in [3.8, 4) is 5.75 Å². The highest BCUT2D eigenvalue weighted by Gasteiger charge is 2.17. The lowest BCUT2D eigenvalue weighted by atomic mass is 10.2. The van der Waals surface area contributed by atoms with Gasteiger partial charge in [0, 0.05) is 30.2 Å². The Hall–Kier alpha value is -5.00. The van der Waals surface area contributed by atoms with Crippen LogP contribution in [-0.4, -0.2) is 33.4 Å². The van der Waals surface area contributed by atoms with Gasteiger partial charge in [-0.2, -0.15) is 0 Å². The van der Waals surface area contributed by atoms with Crippen LogP contribution in [0.5, 0.6) is 5.75 Å². The molecule has 4 rings (SSSR count). The smallest absolute Gasteiger partial charge is 0.420 e. The number of anilines is 2. The van der Waals surface area contributed by atoms with Crippen LogP contribution in [0.25, 0.3) is 11.1 Å². The third kappa shape index (κ3) is 4.60. The largest absolute Gasteiger partial charge is 0.494 e. The minimum absolute atomic E-state index is 0.00220. The molecule has 172 valence electrons. The zero-order chi connectivity index (χ0) is 24.2. The number of nitro benzene ring substituents is 1. The number of benzene rings is 2. The number of ether oxygens (including phenoxy) is 1. The van der Waals surface area contributed by atoms with Gasteiger partial charge in [-0.25, -0.2) is 4.79 Å². The van der Waals surface area contributed by atoms with E-state index < -0.39 is 16.6 Å². The van der Waals surface area contributed by atoms with Gasteiger partial charge in [-0.05, 0) is 30.3 Å². The van der Waals surface area contributed by atoms with E-state index in [4.69, 9.17) is 9.15 Å². The topological polar surface area (TPSA) is 159 Å². The molecule has 34 heavy (non-hydrogen) atoms. The minimum Gasteiger partial charge on any atom is -0.494 e. The summed E-state index contributed by atoms with van der Waals surface area (Å²) < 4.78 is 11.4. The Morgan fingerprint density at radius 3 is 2.71 bits per heavy atom. The fourth-order valence-electron chi connectivity index (χ4n) is 3.23. The van der Waals surface area contributed by atoms with E-state index in [1.807, 2.05) is 0 Å². The Morgan fingerprint density at radius 1 is 1.18 bits per heavy atom. The predicted octanol–water partition coefficient (Wildman–Crippen LogP) is 2.80. The van der Waals surface area contributed by atoms with Crippen LogP contribution in [0.3, 0.4) is 0 Å². The first-order valence-electron chi connectivity index (χ1n) is 9.83. The second kappa shape index (κ2) is 9.24. The molecule has 2 aromatic heterocycles. The van der Waals surface area contributed by atoms with Gasteiger partial charge in [0.25, 0.3) is 11.6 Å². The number of fused-ring (bicyclic) bond motifs is 1. The summed E-state index contributed by atoms with van der Waals surface area (Å²) in [6.45, 7) is -0.383. The quantitative estimate of drug-likeness (QED) is 0.313. The molecule has 2 amide bonds. The molecule has 0 radical (unpaired) electrons. The van der Waals surface area contributed by atoms with Gasteiger partial charge in [-0.15, -0.1) is 0 Å². The second-order valence-electron chi connectivity index (χ2n) is 7.02. The summed E-state index contributed by atoms with van der Waals surface area (Å²) in [6.07, 6.45) is 2.98. The summed E-state index contributed by atoms with van der Waals surface area (Å²) in [5, 5.41) is 16.3. The first-order valence-corrected chi connectivity index (χ1v) is 9.83. The van der Waals surface area contributed by atoms with Crippen LogP contribution in [0.15, 0.2) is 70.1 Å². The number of carbonyl (C=O) groups is 2. The van der Waals surface area contributed by atoms with E-state index in [1.54, 1.807) is 30.5 Å². The van der Waals surface area contributed by atoms with Crippen molar-refractivity contribution in [1.82, 2.24) is 9.55 Å². The number of hydrogen-bond donors (Lipinski definition) is 2. The van der Waals surface area contributed by atoms with Crippen molar-refractivity contribution in [2.24, 2.45) is 0 Å². The molecule has 2 aromatic carbocycles. The van der Waals surface area contributed by atoms with E-state index in [1.165, 1.54) is 31.5 Å². The molecule has 0 atom stereocenters. The summed E-state index contributed by atoms with van der Waals surface area (Å²) in [5.41, 5.74) is 1.12. The molecule has 12 nitrogen and oxygen atoms in total. The van der Waals surface area contributed by atoms with Gasteiger partial charge in [-0.3, -0.25) is 29.3 Å². The number of nitrogens with one attached hydrogen (secondary N) is 2. The number of non-ortho nitro benzene ring substituents is 1. The Balaban J connectivity index is 1.49. The molecule has 12 heteroatoms. The van der Waals surface area contributed by atoms with Gasteiger partial charge < -0.3 is 19.8 Å². The number of rotatable bonds is 7. The van der Waals surface area contributed by atoms with Crippen molar-refractivity contribution in [2.45, 2.75) is 6.54 Å². The number of nitrogens with zero attached hydrogens (tertiary/aromatic N) is 3. The van der Waals surface area contributed by atoms with Crippen molar-refractivity contribution in [3.05, 3.63) is 87.2 Å². The number of aromatic nitrogens is 2. The average molecular weight is 463 g/mol. The van der Waals surface area contributed by atoms with Gasteiger partial charge in [-0.1, -0.05) is 0 Å². The molecule has 2 heterocycles. The van der Waals surface area contributed by atoms with Crippen molar-refractivity contribution >= 4 is 40.0 Å². The Labute approximate surface area is 190 Å². The van der Waals surface area contributed by atoms with E-state index >= 15 is 0 Å². The first kappa shape index (κ1) is 22.2. The lowest BCUT2D eigenvalue weighted by Crippen LogP contribution is -2.24. The monoisotopic (exact) mass is 463 g/mol. The highest BCUT2D eigenvalue weighted by Crippen LogP contribution is 2.28. The molecule has 0 unspecified atom stereocenters. The summed E-state index contributed by atoms with van der Waals surface area (Å²) in [5.74, 6) is -1.45. The standard InChI is InChI=1S/C22H17N5O7/c1-33-18-9-14(4-6-16(18)25-21(29)13-3-2-8-23-11-13)24-20(28)12-26-17-7-5-15(27(31)32)10-19(17)34-22(26)30/h2-11H,12H2,1H3,(H,24,28)(H,25,29). The molecule has 0 fully saturated rings. The van der Waals surface area contributed by atoms with Gasteiger partial charge in [0.15, 0.2) is 5.58 Å². The molecule has 0 aliphatic carbocycles. The third-order valence-electron chi connectivity index (χ3n) is 4.82. The maximum absolute atomic E-state index is 12.6. The van der Waals surface area contributed by atoms with Crippen LogP contribution < -0.4 is 21.1 Å². The van der Waals surface area contributed by atoms with Gasteiger partial charge in [0.05, 0.1) is 34.9 Å². The van der Waals surface area contributed by atoms with Crippen LogP contribution in [0.2, 0.25) is 0 Å². The fraction of sp³-hybridized carbons (Fsp3) is 0.0909. The highest BCUT2D eigenvalue weighted by atomic mass is 16.6. The van der Waals surface area contributed by atoms with Crippen molar-refractivity contribution in [1.29, 1.82) is 0 Å². The molecule has 0 aliphatic rings. The number of pyridine rings is 1. The minimum atomic E-state index is -0.823. The molecular weight excluding hydrogens is 446 g/mol. The first-order chi connectivity index (χ1) is 16.4. The number of amides is 2. The molecule has 4 aromatic rings. The SMILES string of the molecule is COc1cc(NC(=O)Cn2c(=O)oc3cc([N+](=O)[O-])ccc32)ccc1NC(=O)c1cccnc1. The third-order valence-corrected chi connectivity index (χ3v) is 4.82. The van der Waals surface area contributed by atoms with E-state index in [0.717, 1.165) is 10.6 Å². The normalized spacial score (nSPS) is 10.6. The van der Waals surface area contributed by atoms with E-state index in [2.05, 4.69) is 15.6 Å². The Kier molecular flexibility index (Phi) is 6.03. The van der Waals surface area contributed by atoms with Gasteiger partial charge >= 0.3 is 5.76 Å². The number of methoxy groups -OCH3 is 1. The van der Waals surface area contributed by atoms with Crippen molar-refractivity contribution in [3.63, 3.8) is 0 Å². The maximum Gasteiger partial charge on any atom is 0.420 e. The van der Waals surface area contributed by atoms with Gasteiger partial charge in [0.1, 0.15) is 12.3 Å². The van der Waals surface area contributed by atoms with E-state index in [0.29, 0.717) is 22.7 Å². The number of oxazole rings is 1. The zero-order valence-corrected chi connectivity index (χ0v) is 17.7. The lowest BCUT2D eigenvalue weighted by Gasteiger charge is -2.13. The second-order valence-corrected chi connectivity index (χ2v) is 7.02. The van der Waals surface area contributed by atoms with Crippen LogP contribution in [-0.2, 0) is 11.3 Å². The maximum atomic E-state index is 12.6. The molecule has 0 aliphatic heterocycles. The van der Waals surface area contributed by atoms with E-state index in [-0.39, 0.29) is 29.2 Å². The molecule has 0 saturated carbocycles. The molecule has 0 bridgehead atoms. The molecule has 0 spiro atoms. The highest BCUT2D eigenvalue weighted by molar-refractivity contribution is 6.05. The number of hydrogen-bond acceptors (Lipinski definition) is 8. The molecule has 0 saturated heterocycles. The lowest BCUT2D eigenvalue weighted by molar-refractivity contribution is -0.384. The van der Waals surface area contributed by atoms with Gasteiger partial charge in [0.2, 0.25) is 5.91 Å². The summed E-state index contributed by atoms with van der Waals surface area (Å²) in [4.78, 5) is 51.3. The zero-order valence-electron chi connectivity index (χ0n) is 17.7. The Bertz CT molecular complexity index is 1460. The summed E-state index contributed by atoms with van der Waals surface area (Å²) >= 11 is 0. The van der Waals surface area contributed by atoms with Crippen LogP contribution >= 0.6 is 0 Å². The summed E-state index contributed by atoms with van der Waals surface area (Å²) in [6, 6.07) is 11.6.